The van der Waals surface area contributed by atoms with Crippen LogP contribution in [0, 0.1) is 5.82 Å². The van der Waals surface area contributed by atoms with Crippen molar-refractivity contribution in [3.63, 3.8) is 0 Å². The Balaban J connectivity index is 2.35. The van der Waals surface area contributed by atoms with Crippen molar-refractivity contribution in [3.8, 4) is 0 Å². The molecular weight excluding hydrogens is 243 g/mol. The standard InChI is InChI=1S/C15H23FN2O/c1-3-10-18(11-4-2)12-9-15(19)17-14-7-5-13(16)6-8-14/h5-8H,3-4,9-12H2,1-2H3,(H,17,19). The Labute approximate surface area is 114 Å². The maximum atomic E-state index is 12.7. The first kappa shape index (κ1) is 15.6. The summed E-state index contributed by atoms with van der Waals surface area (Å²) in [7, 11) is 0. The number of nitrogens with zero attached hydrogens (tertiary/aromatic N) is 1. The van der Waals surface area contributed by atoms with E-state index in [1.54, 1.807) is 12.1 Å². The molecule has 0 unspecified atom stereocenters. The molecule has 0 aliphatic heterocycles. The third-order valence-electron chi connectivity index (χ3n) is 2.86. The van der Waals surface area contributed by atoms with Crippen LogP contribution in [-0.2, 0) is 4.79 Å². The molecule has 0 bridgehead atoms. The van der Waals surface area contributed by atoms with Gasteiger partial charge in [-0.05, 0) is 50.2 Å². The third kappa shape index (κ3) is 6.34. The summed E-state index contributed by atoms with van der Waals surface area (Å²) in [5.74, 6) is -0.320. The number of halogens is 1. The summed E-state index contributed by atoms with van der Waals surface area (Å²) >= 11 is 0. The van der Waals surface area contributed by atoms with Gasteiger partial charge in [-0.25, -0.2) is 4.39 Å². The molecule has 1 aromatic carbocycles. The van der Waals surface area contributed by atoms with Gasteiger partial charge in [0.2, 0.25) is 5.91 Å². The molecule has 3 nitrogen and oxygen atoms in total. The number of hydrogen-bond donors (Lipinski definition) is 1. The fraction of sp³-hybridized carbons (Fsp3) is 0.533. The zero-order chi connectivity index (χ0) is 14.1. The lowest BCUT2D eigenvalue weighted by Crippen LogP contribution is -2.29. The Kier molecular flexibility index (Phi) is 7.11. The molecule has 4 heteroatoms. The first-order valence-electron chi connectivity index (χ1n) is 6.93. The largest absolute Gasteiger partial charge is 0.326 e. The molecule has 0 saturated heterocycles. The number of benzene rings is 1. The lowest BCUT2D eigenvalue weighted by Gasteiger charge is -2.20. The topological polar surface area (TPSA) is 32.3 Å². The van der Waals surface area contributed by atoms with E-state index in [9.17, 15) is 9.18 Å². The number of carbonyl (C=O) groups excluding carboxylic acids is 1. The number of nitrogens with one attached hydrogen (secondary N) is 1. The summed E-state index contributed by atoms with van der Waals surface area (Å²) < 4.78 is 12.7. The van der Waals surface area contributed by atoms with Gasteiger partial charge in [-0.3, -0.25) is 4.79 Å². The van der Waals surface area contributed by atoms with Gasteiger partial charge >= 0.3 is 0 Å². The van der Waals surface area contributed by atoms with Gasteiger partial charge in [0.1, 0.15) is 5.82 Å². The Bertz CT molecular complexity index is 372. The predicted octanol–water partition coefficient (Wildman–Crippen LogP) is 3.28. The van der Waals surface area contributed by atoms with Gasteiger partial charge in [0.15, 0.2) is 0 Å². The van der Waals surface area contributed by atoms with Gasteiger partial charge in [0.05, 0.1) is 0 Å². The second-order valence-electron chi connectivity index (χ2n) is 4.65. The fourth-order valence-corrected chi connectivity index (χ4v) is 1.98. The number of amides is 1. The van der Waals surface area contributed by atoms with Crippen LogP contribution in [-0.4, -0.2) is 30.4 Å². The molecule has 1 N–H and O–H groups in total. The van der Waals surface area contributed by atoms with Gasteiger partial charge in [-0.15, -0.1) is 0 Å². The quantitative estimate of drug-likeness (QED) is 0.783. The molecular formula is C15H23FN2O. The average molecular weight is 266 g/mol. The Hall–Kier alpha value is -1.42. The van der Waals surface area contributed by atoms with E-state index in [2.05, 4.69) is 24.1 Å². The van der Waals surface area contributed by atoms with Crippen molar-refractivity contribution in [3.05, 3.63) is 30.1 Å². The van der Waals surface area contributed by atoms with Crippen LogP contribution in [0.25, 0.3) is 0 Å². The Morgan fingerprint density at radius 1 is 1.11 bits per heavy atom. The molecule has 0 spiro atoms. The molecule has 0 saturated carbocycles. The number of hydrogen-bond acceptors (Lipinski definition) is 2. The number of rotatable bonds is 8. The molecule has 106 valence electrons. The molecule has 1 rings (SSSR count). The average Bonchev–Trinajstić information content (AvgIpc) is 2.39. The van der Waals surface area contributed by atoms with E-state index in [0.717, 1.165) is 32.5 Å². The number of carbonyl (C=O) groups is 1. The highest BCUT2D eigenvalue weighted by molar-refractivity contribution is 5.90. The normalized spacial score (nSPS) is 10.7. The van der Waals surface area contributed by atoms with Crippen LogP contribution >= 0.6 is 0 Å². The first-order valence-corrected chi connectivity index (χ1v) is 6.93. The molecule has 19 heavy (non-hydrogen) atoms. The van der Waals surface area contributed by atoms with E-state index < -0.39 is 0 Å². The molecule has 0 aliphatic carbocycles. The lowest BCUT2D eigenvalue weighted by molar-refractivity contribution is -0.116. The molecule has 0 aliphatic rings. The van der Waals surface area contributed by atoms with Crippen molar-refractivity contribution in [2.24, 2.45) is 0 Å². The van der Waals surface area contributed by atoms with Crippen LogP contribution in [0.3, 0.4) is 0 Å². The van der Waals surface area contributed by atoms with E-state index in [0.29, 0.717) is 12.1 Å². The molecule has 0 radical (unpaired) electrons. The fourth-order valence-electron chi connectivity index (χ4n) is 1.98. The minimum atomic E-state index is -0.296. The van der Waals surface area contributed by atoms with Crippen molar-refractivity contribution in [2.75, 3.05) is 25.0 Å². The van der Waals surface area contributed by atoms with Gasteiger partial charge in [0, 0.05) is 18.7 Å². The highest BCUT2D eigenvalue weighted by atomic mass is 19.1. The highest BCUT2D eigenvalue weighted by Gasteiger charge is 2.07. The van der Waals surface area contributed by atoms with Crippen LogP contribution in [0.4, 0.5) is 10.1 Å². The summed E-state index contributed by atoms with van der Waals surface area (Å²) in [6, 6.07) is 5.83. The van der Waals surface area contributed by atoms with Crippen LogP contribution in [0.2, 0.25) is 0 Å². The lowest BCUT2D eigenvalue weighted by atomic mass is 10.2. The van der Waals surface area contributed by atoms with Crippen LogP contribution in [0.1, 0.15) is 33.1 Å². The first-order chi connectivity index (χ1) is 9.15. The van der Waals surface area contributed by atoms with Gasteiger partial charge in [0.25, 0.3) is 0 Å². The minimum Gasteiger partial charge on any atom is -0.326 e. The second-order valence-corrected chi connectivity index (χ2v) is 4.65. The van der Waals surface area contributed by atoms with Crippen LogP contribution in [0.5, 0.6) is 0 Å². The Morgan fingerprint density at radius 3 is 2.21 bits per heavy atom. The molecule has 0 heterocycles. The van der Waals surface area contributed by atoms with Gasteiger partial charge in [-0.2, -0.15) is 0 Å². The van der Waals surface area contributed by atoms with Crippen molar-refractivity contribution >= 4 is 11.6 Å². The van der Waals surface area contributed by atoms with E-state index >= 15 is 0 Å². The molecule has 0 fully saturated rings. The molecule has 1 aromatic rings. The summed E-state index contributed by atoms with van der Waals surface area (Å²) in [6.07, 6.45) is 2.66. The third-order valence-corrected chi connectivity index (χ3v) is 2.86. The smallest absolute Gasteiger partial charge is 0.225 e. The van der Waals surface area contributed by atoms with Crippen molar-refractivity contribution in [1.82, 2.24) is 4.90 Å². The maximum absolute atomic E-state index is 12.7. The van der Waals surface area contributed by atoms with Crippen molar-refractivity contribution in [1.29, 1.82) is 0 Å². The SMILES string of the molecule is CCCN(CCC)CCC(=O)Nc1ccc(F)cc1. The number of anilines is 1. The van der Waals surface area contributed by atoms with E-state index in [1.807, 2.05) is 0 Å². The van der Waals surface area contributed by atoms with E-state index in [4.69, 9.17) is 0 Å². The van der Waals surface area contributed by atoms with E-state index in [-0.39, 0.29) is 11.7 Å². The monoisotopic (exact) mass is 266 g/mol. The summed E-state index contributed by atoms with van der Waals surface area (Å²) in [5, 5.41) is 2.78. The van der Waals surface area contributed by atoms with Gasteiger partial charge in [-0.1, -0.05) is 13.8 Å². The zero-order valence-electron chi connectivity index (χ0n) is 11.8. The summed E-state index contributed by atoms with van der Waals surface area (Å²) in [6.45, 7) is 7.10. The van der Waals surface area contributed by atoms with E-state index in [1.165, 1.54) is 12.1 Å². The Morgan fingerprint density at radius 2 is 1.68 bits per heavy atom. The van der Waals surface area contributed by atoms with Crippen LogP contribution in [0.15, 0.2) is 24.3 Å². The zero-order valence-corrected chi connectivity index (χ0v) is 11.8. The van der Waals surface area contributed by atoms with Crippen molar-refractivity contribution < 1.29 is 9.18 Å². The summed E-state index contributed by atoms with van der Waals surface area (Å²) in [4.78, 5) is 14.1. The highest BCUT2D eigenvalue weighted by Crippen LogP contribution is 2.08. The predicted molar refractivity (Wildman–Crippen MR) is 76.7 cm³/mol. The minimum absolute atomic E-state index is 0.0242. The summed E-state index contributed by atoms with van der Waals surface area (Å²) in [5.41, 5.74) is 0.643. The molecule has 0 aromatic heterocycles. The molecule has 1 amide bonds. The second kappa shape index (κ2) is 8.64. The van der Waals surface area contributed by atoms with Crippen LogP contribution < -0.4 is 5.32 Å². The van der Waals surface area contributed by atoms with Gasteiger partial charge < -0.3 is 10.2 Å². The molecule has 0 atom stereocenters. The van der Waals surface area contributed by atoms with Crippen molar-refractivity contribution in [2.45, 2.75) is 33.1 Å². The maximum Gasteiger partial charge on any atom is 0.225 e.